The molecule has 0 heterocycles. The van der Waals surface area contributed by atoms with Crippen molar-refractivity contribution in [2.45, 2.75) is 0 Å². The van der Waals surface area contributed by atoms with Gasteiger partial charge in [0, 0.05) is 32.9 Å². The highest BCUT2D eigenvalue weighted by atomic mass is 32.3. The molecular weight excluding hydrogens is 396 g/mol. The van der Waals surface area contributed by atoms with Crippen LogP contribution in [-0.4, -0.2) is 27.7 Å². The van der Waals surface area contributed by atoms with Crippen LogP contribution in [-0.2, 0) is 10.4 Å². The molecule has 0 atom stereocenters. The van der Waals surface area contributed by atoms with Crippen molar-refractivity contribution in [3.05, 3.63) is 72.8 Å². The number of rotatable bonds is 0. The standard InChI is InChI=1S/2C10H9NO.H2O4S/c2*11-9-5-1-4-8-7(9)3-2-6-10(8)12;1-5(2,3)4/h2*1-6,12H,11H2;(H2,1,2,3,4). The van der Waals surface area contributed by atoms with E-state index < -0.39 is 10.4 Å². The van der Waals surface area contributed by atoms with E-state index in [9.17, 15) is 10.2 Å². The Balaban J connectivity index is 0.000000170. The Morgan fingerprint density at radius 2 is 0.828 bits per heavy atom. The number of nitrogens with two attached hydrogens (primary N) is 2. The van der Waals surface area contributed by atoms with Gasteiger partial charge < -0.3 is 21.7 Å². The molecule has 29 heavy (non-hydrogen) atoms. The van der Waals surface area contributed by atoms with Gasteiger partial charge in [0.1, 0.15) is 11.5 Å². The second-order valence-electron chi connectivity index (χ2n) is 5.89. The number of phenolic OH excluding ortho intramolecular Hbond substituents is 2. The van der Waals surface area contributed by atoms with Gasteiger partial charge in [-0.2, -0.15) is 8.42 Å². The summed E-state index contributed by atoms with van der Waals surface area (Å²) in [5.41, 5.74) is 12.8. The van der Waals surface area contributed by atoms with Crippen molar-refractivity contribution < 1.29 is 27.7 Å². The Kier molecular flexibility index (Phi) is 6.84. The lowest BCUT2D eigenvalue weighted by atomic mass is 10.1. The van der Waals surface area contributed by atoms with Crippen LogP contribution in [0.2, 0.25) is 0 Å². The molecule has 0 spiro atoms. The van der Waals surface area contributed by atoms with Crippen molar-refractivity contribution in [3.63, 3.8) is 0 Å². The zero-order chi connectivity index (χ0) is 21.6. The largest absolute Gasteiger partial charge is 0.507 e. The molecule has 8 N–H and O–H groups in total. The monoisotopic (exact) mass is 416 g/mol. The Morgan fingerprint density at radius 1 is 0.552 bits per heavy atom. The molecule has 0 aliphatic rings. The Morgan fingerprint density at radius 3 is 1.14 bits per heavy atom. The van der Waals surface area contributed by atoms with E-state index in [1.807, 2.05) is 48.5 Å². The van der Waals surface area contributed by atoms with E-state index in [2.05, 4.69) is 0 Å². The summed E-state index contributed by atoms with van der Waals surface area (Å²) in [4.78, 5) is 0. The molecule has 0 bridgehead atoms. The van der Waals surface area contributed by atoms with Gasteiger partial charge >= 0.3 is 10.4 Å². The molecule has 4 aromatic rings. The second kappa shape index (κ2) is 9.11. The molecule has 0 saturated carbocycles. The van der Waals surface area contributed by atoms with Crippen molar-refractivity contribution >= 4 is 43.3 Å². The fourth-order valence-electron chi connectivity index (χ4n) is 2.64. The maximum Gasteiger partial charge on any atom is 0.394 e. The van der Waals surface area contributed by atoms with Gasteiger partial charge in [0.05, 0.1) is 0 Å². The number of phenols is 2. The third-order valence-corrected chi connectivity index (χ3v) is 3.87. The van der Waals surface area contributed by atoms with Crippen LogP contribution >= 0.6 is 0 Å². The molecule has 4 rings (SSSR count). The average molecular weight is 416 g/mol. The van der Waals surface area contributed by atoms with Crippen molar-refractivity contribution in [2.24, 2.45) is 0 Å². The number of hydrogen-bond donors (Lipinski definition) is 6. The van der Waals surface area contributed by atoms with E-state index in [1.165, 1.54) is 0 Å². The van der Waals surface area contributed by atoms with E-state index >= 15 is 0 Å². The summed E-state index contributed by atoms with van der Waals surface area (Å²) in [6.07, 6.45) is 0. The van der Waals surface area contributed by atoms with Gasteiger partial charge in [-0.05, 0) is 24.3 Å². The maximum atomic E-state index is 9.44. The zero-order valence-electron chi connectivity index (χ0n) is 15.1. The summed E-state index contributed by atoms with van der Waals surface area (Å²) in [6.45, 7) is 0. The lowest BCUT2D eigenvalue weighted by Gasteiger charge is -2.02. The van der Waals surface area contributed by atoms with E-state index in [0.717, 1.165) is 21.5 Å². The zero-order valence-corrected chi connectivity index (χ0v) is 15.9. The molecule has 0 radical (unpaired) electrons. The summed E-state index contributed by atoms with van der Waals surface area (Å²) < 4.78 is 31.6. The highest BCUT2D eigenvalue weighted by Crippen LogP contribution is 2.28. The van der Waals surface area contributed by atoms with Gasteiger partial charge in [-0.1, -0.05) is 48.5 Å². The number of nitrogen functional groups attached to an aromatic ring is 2. The van der Waals surface area contributed by atoms with Crippen molar-refractivity contribution in [3.8, 4) is 11.5 Å². The molecule has 4 aromatic carbocycles. The van der Waals surface area contributed by atoms with Crippen molar-refractivity contribution in [2.75, 3.05) is 11.5 Å². The summed E-state index contributed by atoms with van der Waals surface area (Å²) in [5.74, 6) is 0.555. The molecule has 0 aromatic heterocycles. The highest BCUT2D eigenvalue weighted by Gasteiger charge is 2.00. The van der Waals surface area contributed by atoms with Crippen LogP contribution < -0.4 is 11.5 Å². The van der Waals surface area contributed by atoms with Crippen LogP contribution in [0.4, 0.5) is 11.4 Å². The van der Waals surface area contributed by atoms with E-state index in [4.69, 9.17) is 29.0 Å². The first-order chi connectivity index (χ1) is 13.6. The molecule has 0 aliphatic heterocycles. The van der Waals surface area contributed by atoms with Crippen LogP contribution in [0.25, 0.3) is 21.5 Å². The topological polar surface area (TPSA) is 167 Å². The van der Waals surface area contributed by atoms with Gasteiger partial charge in [0.15, 0.2) is 0 Å². The number of benzene rings is 4. The van der Waals surface area contributed by atoms with Crippen LogP contribution in [0.1, 0.15) is 0 Å². The summed E-state index contributed by atoms with van der Waals surface area (Å²) in [6, 6.07) is 21.7. The lowest BCUT2D eigenvalue weighted by Crippen LogP contribution is -1.89. The Labute approximate surface area is 167 Å². The molecule has 152 valence electrons. The first kappa shape index (κ1) is 21.8. The average Bonchev–Trinajstić information content (AvgIpc) is 2.63. The summed E-state index contributed by atoms with van der Waals surface area (Å²) >= 11 is 0. The minimum atomic E-state index is -4.67. The van der Waals surface area contributed by atoms with E-state index in [-0.39, 0.29) is 11.5 Å². The van der Waals surface area contributed by atoms with Gasteiger partial charge in [0.25, 0.3) is 0 Å². The van der Waals surface area contributed by atoms with Gasteiger partial charge in [-0.25, -0.2) is 0 Å². The third kappa shape index (κ3) is 6.25. The number of hydrogen-bond acceptors (Lipinski definition) is 6. The van der Waals surface area contributed by atoms with E-state index in [1.54, 1.807) is 24.3 Å². The van der Waals surface area contributed by atoms with Crippen LogP contribution in [0.5, 0.6) is 11.5 Å². The molecule has 0 aliphatic carbocycles. The fraction of sp³-hybridized carbons (Fsp3) is 0. The summed E-state index contributed by atoms with van der Waals surface area (Å²) in [5, 5.41) is 22.3. The van der Waals surface area contributed by atoms with Crippen LogP contribution in [0.3, 0.4) is 0 Å². The maximum absolute atomic E-state index is 9.44. The lowest BCUT2D eigenvalue weighted by molar-refractivity contribution is 0.381. The first-order valence-corrected chi connectivity index (χ1v) is 9.60. The molecule has 0 saturated heterocycles. The number of anilines is 2. The molecule has 9 heteroatoms. The first-order valence-electron chi connectivity index (χ1n) is 8.20. The van der Waals surface area contributed by atoms with Gasteiger partial charge in [0.2, 0.25) is 0 Å². The normalized spacial score (nSPS) is 10.6. The third-order valence-electron chi connectivity index (χ3n) is 3.87. The van der Waals surface area contributed by atoms with E-state index in [0.29, 0.717) is 11.4 Å². The van der Waals surface area contributed by atoms with Crippen LogP contribution in [0, 0.1) is 0 Å². The van der Waals surface area contributed by atoms with Gasteiger partial charge in [-0.15, -0.1) is 0 Å². The quantitative estimate of drug-likeness (QED) is 0.187. The fourth-order valence-corrected chi connectivity index (χ4v) is 2.64. The molecule has 0 fully saturated rings. The molecule has 0 unspecified atom stereocenters. The minimum absolute atomic E-state index is 0.278. The predicted octanol–water partition coefficient (Wildman–Crippen LogP) is 3.60. The summed E-state index contributed by atoms with van der Waals surface area (Å²) in [7, 11) is -4.67. The predicted molar refractivity (Wildman–Crippen MR) is 114 cm³/mol. The highest BCUT2D eigenvalue weighted by molar-refractivity contribution is 7.79. The molecule has 0 amide bonds. The number of fused-ring (bicyclic) bond motifs is 2. The molecule has 8 nitrogen and oxygen atoms in total. The Bertz CT molecular complexity index is 1070. The smallest absolute Gasteiger partial charge is 0.394 e. The van der Waals surface area contributed by atoms with Crippen LogP contribution in [0.15, 0.2) is 72.8 Å². The minimum Gasteiger partial charge on any atom is -0.507 e. The number of aromatic hydroxyl groups is 2. The van der Waals surface area contributed by atoms with Crippen molar-refractivity contribution in [1.82, 2.24) is 0 Å². The van der Waals surface area contributed by atoms with Gasteiger partial charge in [-0.3, -0.25) is 9.11 Å². The van der Waals surface area contributed by atoms with Crippen molar-refractivity contribution in [1.29, 1.82) is 0 Å². The molecular formula is C20H20N2O6S. The second-order valence-corrected chi connectivity index (χ2v) is 6.78. The SMILES string of the molecule is Nc1cccc2c(O)cccc12.Nc1cccc2c(O)cccc12.O=S(=O)(O)O. The Hall–Kier alpha value is -3.53.